The predicted octanol–water partition coefficient (Wildman–Crippen LogP) is 1.49. The SMILES string of the molecule is CCCN(CC#CC(C)NC)C(=O)C(C)C. The Balaban J connectivity index is 4.32. The van der Waals surface area contributed by atoms with Gasteiger partial charge in [-0.25, -0.2) is 0 Å². The molecule has 0 rings (SSSR count). The van der Waals surface area contributed by atoms with E-state index in [0.29, 0.717) is 6.54 Å². The van der Waals surface area contributed by atoms with Gasteiger partial charge in [0, 0.05) is 12.5 Å². The Kier molecular flexibility index (Phi) is 7.66. The lowest BCUT2D eigenvalue weighted by Crippen LogP contribution is -2.35. The molecule has 3 nitrogen and oxygen atoms in total. The minimum absolute atomic E-state index is 0.0510. The third kappa shape index (κ3) is 5.77. The van der Waals surface area contributed by atoms with Crippen molar-refractivity contribution >= 4 is 5.91 Å². The van der Waals surface area contributed by atoms with Gasteiger partial charge in [-0.05, 0) is 20.4 Å². The minimum Gasteiger partial charge on any atom is -0.331 e. The van der Waals surface area contributed by atoms with Crippen LogP contribution in [0.1, 0.15) is 34.1 Å². The molecule has 0 bridgehead atoms. The smallest absolute Gasteiger partial charge is 0.225 e. The topological polar surface area (TPSA) is 32.3 Å². The molecule has 0 heterocycles. The van der Waals surface area contributed by atoms with Gasteiger partial charge in [0.2, 0.25) is 5.91 Å². The lowest BCUT2D eigenvalue weighted by molar-refractivity contribution is -0.133. The monoisotopic (exact) mass is 224 g/mol. The quantitative estimate of drug-likeness (QED) is 0.718. The summed E-state index contributed by atoms with van der Waals surface area (Å²) >= 11 is 0. The normalized spacial score (nSPS) is 11.9. The summed E-state index contributed by atoms with van der Waals surface area (Å²) in [4.78, 5) is 13.7. The number of nitrogens with zero attached hydrogens (tertiary/aromatic N) is 1. The van der Waals surface area contributed by atoms with Crippen LogP contribution < -0.4 is 5.32 Å². The first-order valence-electron chi connectivity index (χ1n) is 5.97. The van der Waals surface area contributed by atoms with Gasteiger partial charge in [-0.3, -0.25) is 4.79 Å². The molecule has 0 aliphatic rings. The van der Waals surface area contributed by atoms with Gasteiger partial charge in [-0.2, -0.15) is 0 Å². The van der Waals surface area contributed by atoms with Crippen molar-refractivity contribution in [3.05, 3.63) is 0 Å². The van der Waals surface area contributed by atoms with Crippen molar-refractivity contribution < 1.29 is 4.79 Å². The maximum Gasteiger partial charge on any atom is 0.225 e. The van der Waals surface area contributed by atoms with Crippen LogP contribution in [0.2, 0.25) is 0 Å². The maximum atomic E-state index is 11.8. The van der Waals surface area contributed by atoms with Crippen LogP contribution in [0.15, 0.2) is 0 Å². The summed E-state index contributed by atoms with van der Waals surface area (Å²) < 4.78 is 0. The molecule has 0 radical (unpaired) electrons. The fourth-order valence-electron chi connectivity index (χ4n) is 1.27. The first kappa shape index (κ1) is 15.0. The van der Waals surface area contributed by atoms with E-state index < -0.39 is 0 Å². The Labute approximate surface area is 99.6 Å². The summed E-state index contributed by atoms with van der Waals surface area (Å²) in [5, 5.41) is 3.05. The van der Waals surface area contributed by atoms with Crippen LogP contribution in [0.3, 0.4) is 0 Å². The highest BCUT2D eigenvalue weighted by molar-refractivity contribution is 5.78. The van der Waals surface area contributed by atoms with E-state index in [2.05, 4.69) is 24.1 Å². The van der Waals surface area contributed by atoms with Gasteiger partial charge in [0.1, 0.15) is 0 Å². The van der Waals surface area contributed by atoms with Crippen LogP contribution >= 0.6 is 0 Å². The van der Waals surface area contributed by atoms with Gasteiger partial charge in [0.05, 0.1) is 12.6 Å². The number of amides is 1. The molecule has 1 N–H and O–H groups in total. The largest absolute Gasteiger partial charge is 0.331 e. The zero-order valence-electron chi connectivity index (χ0n) is 11.1. The lowest BCUT2D eigenvalue weighted by atomic mass is 10.2. The van der Waals surface area contributed by atoms with Gasteiger partial charge in [-0.15, -0.1) is 0 Å². The lowest BCUT2D eigenvalue weighted by Gasteiger charge is -2.21. The minimum atomic E-state index is 0.0510. The van der Waals surface area contributed by atoms with E-state index in [1.807, 2.05) is 32.7 Å². The van der Waals surface area contributed by atoms with Crippen molar-refractivity contribution in [3.63, 3.8) is 0 Å². The van der Waals surface area contributed by atoms with Crippen molar-refractivity contribution in [2.75, 3.05) is 20.1 Å². The fraction of sp³-hybridized carbons (Fsp3) is 0.769. The maximum absolute atomic E-state index is 11.8. The van der Waals surface area contributed by atoms with Gasteiger partial charge >= 0.3 is 0 Å². The Hall–Kier alpha value is -1.01. The molecule has 1 unspecified atom stereocenters. The molecule has 0 aromatic carbocycles. The van der Waals surface area contributed by atoms with Crippen molar-refractivity contribution in [1.29, 1.82) is 0 Å². The molecule has 1 atom stereocenters. The molecule has 92 valence electrons. The average Bonchev–Trinajstić information content (AvgIpc) is 2.26. The summed E-state index contributed by atoms with van der Waals surface area (Å²) in [6, 6.07) is 0.178. The van der Waals surface area contributed by atoms with E-state index >= 15 is 0 Å². The molecule has 0 aliphatic carbocycles. The molecule has 0 spiro atoms. The summed E-state index contributed by atoms with van der Waals surface area (Å²) in [7, 11) is 1.88. The van der Waals surface area contributed by atoms with Gasteiger partial charge in [0.25, 0.3) is 0 Å². The molecule has 1 amide bonds. The first-order valence-corrected chi connectivity index (χ1v) is 5.97. The Bertz CT molecular complexity index is 263. The number of hydrogen-bond donors (Lipinski definition) is 1. The predicted molar refractivity (Wildman–Crippen MR) is 68.0 cm³/mol. The third-order valence-electron chi connectivity index (χ3n) is 2.32. The zero-order chi connectivity index (χ0) is 12.6. The summed E-state index contributed by atoms with van der Waals surface area (Å²) in [6.45, 7) is 9.26. The zero-order valence-corrected chi connectivity index (χ0v) is 11.1. The number of rotatable bonds is 5. The van der Waals surface area contributed by atoms with Gasteiger partial charge < -0.3 is 10.2 Å². The molecule has 16 heavy (non-hydrogen) atoms. The van der Waals surface area contributed by atoms with E-state index in [1.54, 1.807) is 0 Å². The molecule has 3 heteroatoms. The van der Waals surface area contributed by atoms with Crippen LogP contribution in [0, 0.1) is 17.8 Å². The van der Waals surface area contributed by atoms with Crippen molar-refractivity contribution in [1.82, 2.24) is 10.2 Å². The Morgan fingerprint density at radius 3 is 2.44 bits per heavy atom. The Morgan fingerprint density at radius 1 is 1.38 bits per heavy atom. The summed E-state index contributed by atoms with van der Waals surface area (Å²) in [6.07, 6.45) is 0.974. The van der Waals surface area contributed by atoms with Crippen LogP contribution in [0.25, 0.3) is 0 Å². The average molecular weight is 224 g/mol. The van der Waals surface area contributed by atoms with Crippen molar-refractivity contribution in [2.45, 2.75) is 40.2 Å². The highest BCUT2D eigenvalue weighted by atomic mass is 16.2. The Morgan fingerprint density at radius 2 is 2.00 bits per heavy atom. The first-order chi connectivity index (χ1) is 7.52. The standard InChI is InChI=1S/C13H24N2O/c1-6-9-15(13(16)11(2)3)10-7-8-12(4)14-5/h11-12,14H,6,9-10H2,1-5H3. The van der Waals surface area contributed by atoms with Gasteiger partial charge in [0.15, 0.2) is 0 Å². The van der Waals surface area contributed by atoms with E-state index in [0.717, 1.165) is 13.0 Å². The number of carbonyl (C=O) groups excluding carboxylic acids is 1. The van der Waals surface area contributed by atoms with E-state index in [1.165, 1.54) is 0 Å². The summed E-state index contributed by atoms with van der Waals surface area (Å²) in [5.74, 6) is 6.35. The van der Waals surface area contributed by atoms with Crippen LogP contribution in [0.4, 0.5) is 0 Å². The van der Waals surface area contributed by atoms with Crippen molar-refractivity contribution in [2.24, 2.45) is 5.92 Å². The van der Waals surface area contributed by atoms with Crippen LogP contribution in [-0.4, -0.2) is 37.0 Å². The summed E-state index contributed by atoms with van der Waals surface area (Å²) in [5.41, 5.74) is 0. The highest BCUT2D eigenvalue weighted by Crippen LogP contribution is 2.01. The van der Waals surface area contributed by atoms with E-state index in [9.17, 15) is 4.79 Å². The number of nitrogens with one attached hydrogen (secondary N) is 1. The van der Waals surface area contributed by atoms with Crippen LogP contribution in [-0.2, 0) is 4.79 Å². The molecule has 0 fully saturated rings. The number of carbonyl (C=O) groups is 1. The van der Waals surface area contributed by atoms with Gasteiger partial charge in [-0.1, -0.05) is 32.6 Å². The molecule has 0 saturated carbocycles. The van der Waals surface area contributed by atoms with E-state index in [-0.39, 0.29) is 17.9 Å². The second kappa shape index (κ2) is 8.18. The number of hydrogen-bond acceptors (Lipinski definition) is 2. The molecule has 0 aromatic rings. The van der Waals surface area contributed by atoms with Crippen molar-refractivity contribution in [3.8, 4) is 11.8 Å². The highest BCUT2D eigenvalue weighted by Gasteiger charge is 2.14. The molecule has 0 aliphatic heterocycles. The second-order valence-corrected chi connectivity index (χ2v) is 4.25. The van der Waals surface area contributed by atoms with E-state index in [4.69, 9.17) is 0 Å². The molecule has 0 saturated heterocycles. The third-order valence-corrected chi connectivity index (χ3v) is 2.32. The fourth-order valence-corrected chi connectivity index (χ4v) is 1.27. The second-order valence-electron chi connectivity index (χ2n) is 4.25. The molecular formula is C13H24N2O. The van der Waals surface area contributed by atoms with Crippen LogP contribution in [0.5, 0.6) is 0 Å². The molecule has 0 aromatic heterocycles. The molecular weight excluding hydrogens is 200 g/mol.